The van der Waals surface area contributed by atoms with E-state index < -0.39 is 99.2 Å². The van der Waals surface area contributed by atoms with E-state index in [1.54, 1.807) is 4.72 Å². The molecule has 2 fully saturated rings. The number of rotatable bonds is 13. The molecule has 0 aliphatic heterocycles. The molecule has 2 aliphatic rings. The molecule has 2 rings (SSSR count). The molecule has 4 unspecified atom stereocenters. The van der Waals surface area contributed by atoms with Crippen molar-refractivity contribution in [3.8, 4) is 0 Å². The summed E-state index contributed by atoms with van der Waals surface area (Å²) in [6.45, 7) is 6.81. The van der Waals surface area contributed by atoms with E-state index in [-0.39, 0.29) is 25.0 Å². The van der Waals surface area contributed by atoms with E-state index in [4.69, 9.17) is 14.2 Å². The summed E-state index contributed by atoms with van der Waals surface area (Å²) in [4.78, 5) is 12.0. The lowest BCUT2D eigenvalue weighted by Gasteiger charge is -2.47. The summed E-state index contributed by atoms with van der Waals surface area (Å²) in [5.41, 5.74) is -0.0543. The predicted octanol–water partition coefficient (Wildman–Crippen LogP) is -2.37. The van der Waals surface area contributed by atoms with Crippen LogP contribution in [0.4, 0.5) is 0 Å². The number of carboxylic acid groups (broad SMARTS) is 1. The second kappa shape index (κ2) is 14.0. The van der Waals surface area contributed by atoms with Crippen molar-refractivity contribution in [1.82, 2.24) is 10.0 Å². The number of carboxylic acids is 1. The minimum absolute atomic E-state index is 0.0447. The molecule has 18 heteroatoms. The van der Waals surface area contributed by atoms with Crippen LogP contribution in [0.1, 0.15) is 33.6 Å². The summed E-state index contributed by atoms with van der Waals surface area (Å²) in [5, 5.41) is 45.0. The van der Waals surface area contributed by atoms with Gasteiger partial charge in [-0.05, 0) is 18.3 Å². The van der Waals surface area contributed by atoms with Crippen LogP contribution in [-0.2, 0) is 39.4 Å². The smallest absolute Gasteiger partial charge is 0.333 e. The third kappa shape index (κ3) is 10.4. The molecular weight excluding hydrogens is 580 g/mol. The van der Waals surface area contributed by atoms with Crippen molar-refractivity contribution in [3.05, 3.63) is 0 Å². The molecule has 2 aliphatic carbocycles. The monoisotopic (exact) mass is 622 g/mol. The molecule has 10 atom stereocenters. The van der Waals surface area contributed by atoms with Crippen LogP contribution < -0.4 is 10.0 Å². The van der Waals surface area contributed by atoms with Crippen molar-refractivity contribution >= 4 is 26.4 Å². The molecule has 236 valence electrons. The van der Waals surface area contributed by atoms with Crippen LogP contribution in [0.25, 0.3) is 0 Å². The Bertz CT molecular complexity index is 1050. The first-order valence-corrected chi connectivity index (χ1v) is 15.8. The van der Waals surface area contributed by atoms with Crippen LogP contribution in [0.15, 0.2) is 0 Å². The average Bonchev–Trinajstić information content (AvgIpc) is 2.78. The quantitative estimate of drug-likeness (QED) is 0.0789. The summed E-state index contributed by atoms with van der Waals surface area (Å²) in [7, 11) is -8.43. The first kappa shape index (κ1) is 35.2. The van der Waals surface area contributed by atoms with E-state index in [0.717, 1.165) is 0 Å². The summed E-state index contributed by atoms with van der Waals surface area (Å²) < 4.78 is 84.5. The largest absolute Gasteiger partial charge is 0.481 e. The number of ether oxygens (including phenoxy) is 3. The Morgan fingerprint density at radius 1 is 0.950 bits per heavy atom. The molecule has 0 spiro atoms. The van der Waals surface area contributed by atoms with Crippen molar-refractivity contribution in [3.63, 3.8) is 0 Å². The molecule has 0 amide bonds. The highest BCUT2D eigenvalue weighted by Gasteiger charge is 2.53. The molecule has 2 saturated carbocycles. The van der Waals surface area contributed by atoms with Gasteiger partial charge in [0.2, 0.25) is 0 Å². The Morgan fingerprint density at radius 3 is 2.08 bits per heavy atom. The molecule has 16 nitrogen and oxygen atoms in total. The second-order valence-electron chi connectivity index (χ2n) is 11.5. The van der Waals surface area contributed by atoms with Gasteiger partial charge in [-0.2, -0.15) is 21.6 Å². The normalized spacial score (nSPS) is 35.9. The fraction of sp³-hybridized carbons (Fsp3) is 0.955. The van der Waals surface area contributed by atoms with Crippen molar-refractivity contribution in [1.29, 1.82) is 0 Å². The first-order valence-electron chi connectivity index (χ1n) is 12.7. The van der Waals surface area contributed by atoms with Crippen LogP contribution >= 0.6 is 0 Å². The fourth-order valence-electron chi connectivity index (χ4n) is 5.17. The van der Waals surface area contributed by atoms with Crippen molar-refractivity contribution in [2.24, 2.45) is 17.3 Å². The zero-order valence-electron chi connectivity index (χ0n) is 22.8. The topological polar surface area (TPSA) is 258 Å². The Labute approximate surface area is 234 Å². The Hall–Kier alpha value is -1.03. The van der Waals surface area contributed by atoms with Gasteiger partial charge in [-0.1, -0.05) is 20.8 Å². The molecule has 0 aromatic carbocycles. The zero-order chi connectivity index (χ0) is 30.6. The SMILES string of the molecule is CO[C@@H]1CC(C(=O)O)[C@H](O[C@@H]2CC(CS(=O)(=O)O)[C@H](OCCNCC(C)(C)C)[C@@H](O)C2NS(=O)(=O)O)[C@@H](O)C1O. The van der Waals surface area contributed by atoms with Gasteiger partial charge in [-0.3, -0.25) is 13.9 Å². The van der Waals surface area contributed by atoms with Gasteiger partial charge in [0.25, 0.3) is 10.1 Å². The number of hydrogen-bond donors (Lipinski definition) is 8. The first-order chi connectivity index (χ1) is 18.2. The van der Waals surface area contributed by atoms with Crippen LogP contribution in [0, 0.1) is 17.3 Å². The lowest BCUT2D eigenvalue weighted by Crippen LogP contribution is -2.65. The third-order valence-corrected chi connectivity index (χ3v) is 8.38. The molecule has 0 heterocycles. The van der Waals surface area contributed by atoms with E-state index in [1.807, 2.05) is 20.8 Å². The van der Waals surface area contributed by atoms with Gasteiger partial charge in [0.15, 0.2) is 0 Å². The lowest BCUT2D eigenvalue weighted by atomic mass is 9.78. The number of aliphatic hydroxyl groups excluding tert-OH is 3. The van der Waals surface area contributed by atoms with Gasteiger partial charge in [0.05, 0.1) is 54.8 Å². The molecule has 0 aromatic rings. The van der Waals surface area contributed by atoms with E-state index in [0.29, 0.717) is 6.54 Å². The average molecular weight is 623 g/mol. The number of hydrogen-bond acceptors (Lipinski definition) is 12. The summed E-state index contributed by atoms with van der Waals surface area (Å²) >= 11 is 0. The lowest BCUT2D eigenvalue weighted by molar-refractivity contribution is -0.220. The molecular formula is C22H42N2O14S2. The maximum Gasteiger partial charge on any atom is 0.333 e. The number of carbonyl (C=O) groups is 1. The van der Waals surface area contributed by atoms with E-state index in [9.17, 15) is 51.2 Å². The fourth-order valence-corrected chi connectivity index (χ4v) is 6.67. The van der Waals surface area contributed by atoms with E-state index in [1.165, 1.54) is 7.11 Å². The Morgan fingerprint density at radius 2 is 1.57 bits per heavy atom. The number of methoxy groups -OCH3 is 1. The van der Waals surface area contributed by atoms with Crippen molar-refractivity contribution < 1.29 is 65.4 Å². The maximum absolute atomic E-state index is 12.0. The van der Waals surface area contributed by atoms with Crippen molar-refractivity contribution in [2.75, 3.05) is 32.6 Å². The van der Waals surface area contributed by atoms with Gasteiger partial charge in [-0.15, -0.1) is 0 Å². The molecule has 8 N–H and O–H groups in total. The molecule has 0 radical (unpaired) electrons. The Balaban J connectivity index is 2.37. The van der Waals surface area contributed by atoms with Crippen LogP contribution in [0.3, 0.4) is 0 Å². The summed E-state index contributed by atoms with van der Waals surface area (Å²) in [5.74, 6) is -4.98. The molecule has 0 bridgehead atoms. The second-order valence-corrected chi connectivity index (χ2v) is 14.2. The molecule has 40 heavy (non-hydrogen) atoms. The number of aliphatic carboxylic acids is 1. The van der Waals surface area contributed by atoms with Crippen LogP contribution in [0.5, 0.6) is 0 Å². The standard InChI is InChI=1S/C22H42N2O14S2/c1-22(2,3)10-23-5-6-37-19-11(9-39(30,31)32)7-13(15(17(19)26)24-40(33,34)35)38-20-12(21(28)29)8-14(36-4)16(25)18(20)27/h11-20,23-27H,5-10H2,1-4H3,(H,28,29)(H,30,31,32)(H,33,34,35)/t11?,12?,13-,14-,15?,16?,17+,18+,19+,20+/m1/s1. The molecule has 0 saturated heterocycles. The minimum Gasteiger partial charge on any atom is -0.481 e. The van der Waals surface area contributed by atoms with Gasteiger partial charge in [0, 0.05) is 26.1 Å². The minimum atomic E-state index is -4.99. The zero-order valence-corrected chi connectivity index (χ0v) is 24.4. The predicted molar refractivity (Wildman–Crippen MR) is 138 cm³/mol. The highest BCUT2D eigenvalue weighted by atomic mass is 32.2. The number of aliphatic hydroxyl groups is 3. The van der Waals surface area contributed by atoms with Gasteiger partial charge < -0.3 is 40.0 Å². The van der Waals surface area contributed by atoms with Crippen molar-refractivity contribution in [2.45, 2.75) is 82.4 Å². The third-order valence-electron chi connectivity index (χ3n) is 6.96. The summed E-state index contributed by atoms with van der Waals surface area (Å²) in [6, 6.07) is -1.70. The Kier molecular flexibility index (Phi) is 12.3. The summed E-state index contributed by atoms with van der Waals surface area (Å²) in [6.07, 6.45) is -11.6. The van der Waals surface area contributed by atoms with Gasteiger partial charge in [0.1, 0.15) is 12.2 Å². The molecule has 0 aromatic heterocycles. The van der Waals surface area contributed by atoms with Crippen LogP contribution in [-0.4, -0.2) is 134 Å². The maximum atomic E-state index is 12.0. The van der Waals surface area contributed by atoms with Crippen LogP contribution in [0.2, 0.25) is 0 Å². The van der Waals surface area contributed by atoms with E-state index >= 15 is 0 Å². The van der Waals surface area contributed by atoms with E-state index in [2.05, 4.69) is 5.32 Å². The van der Waals surface area contributed by atoms with Gasteiger partial charge in [-0.25, -0.2) is 0 Å². The number of nitrogens with one attached hydrogen (secondary N) is 2. The highest BCUT2D eigenvalue weighted by molar-refractivity contribution is 7.85. The highest BCUT2D eigenvalue weighted by Crippen LogP contribution is 2.36. The van der Waals surface area contributed by atoms with Gasteiger partial charge >= 0.3 is 16.3 Å².